The third kappa shape index (κ3) is 5.75. The van der Waals surface area contributed by atoms with Gasteiger partial charge in [-0.15, -0.1) is 5.10 Å². The first kappa shape index (κ1) is 11.0. The van der Waals surface area contributed by atoms with Gasteiger partial charge in [-0.25, -0.2) is 0 Å². The van der Waals surface area contributed by atoms with Crippen LogP contribution in [0.4, 0.5) is 8.78 Å². The van der Waals surface area contributed by atoms with Gasteiger partial charge in [-0.3, -0.25) is 0 Å². The summed E-state index contributed by atoms with van der Waals surface area (Å²) < 4.78 is 23.4. The maximum atomic E-state index is 11.5. The van der Waals surface area contributed by atoms with Crippen molar-refractivity contribution in [3.05, 3.63) is 12.4 Å². The zero-order valence-corrected chi connectivity index (χ0v) is 7.53. The van der Waals surface area contributed by atoms with Gasteiger partial charge in [0.25, 0.3) is 0 Å². The van der Waals surface area contributed by atoms with Crippen LogP contribution in [0.15, 0.2) is 12.4 Å². The molecule has 0 bridgehead atoms. The molecule has 1 aromatic heterocycles. The fourth-order valence-electron chi connectivity index (χ4n) is 0.321. The van der Waals surface area contributed by atoms with Crippen molar-refractivity contribution in [2.75, 3.05) is 0 Å². The Balaban J connectivity index is 0.000000261. The Morgan fingerprint density at radius 3 is 2.33 bits per heavy atom. The van der Waals surface area contributed by atoms with E-state index >= 15 is 0 Å². The maximum absolute atomic E-state index is 11.5. The summed E-state index contributed by atoms with van der Waals surface area (Å²) in [6.45, 7) is -2.57. The van der Waals surface area contributed by atoms with Crippen LogP contribution in [0.3, 0.4) is 0 Å². The van der Waals surface area contributed by atoms with E-state index in [1.807, 2.05) is 0 Å². The Bertz CT molecular complexity index is 219. The Hall–Kier alpha value is -1.01. The van der Waals surface area contributed by atoms with Crippen LogP contribution in [0.5, 0.6) is 0 Å². The summed E-state index contributed by atoms with van der Waals surface area (Å²) in [5, 5.41) is 12.4. The van der Waals surface area contributed by atoms with Crippen molar-refractivity contribution < 1.29 is 8.78 Å². The third-order valence-electron chi connectivity index (χ3n) is 0.641. The van der Waals surface area contributed by atoms with Crippen molar-refractivity contribution >= 4 is 20.7 Å². The summed E-state index contributed by atoms with van der Waals surface area (Å²) in [7, 11) is 0. The molecule has 3 N–H and O–H groups in total. The molecule has 1 rings (SSSR count). The first-order chi connectivity index (χ1) is 5.54. The molecule has 1 radical (unpaired) electrons. The molecule has 0 amide bonds. The Kier molecular flexibility index (Phi) is 5.14. The predicted octanol–water partition coefficient (Wildman–Crippen LogP) is -0.278. The van der Waals surface area contributed by atoms with Crippen LogP contribution in [0.2, 0.25) is 0 Å². The fraction of sp³-hybridized carbons (Fsp3) is 0.250. The Labute approximate surface area is 75.3 Å². The van der Waals surface area contributed by atoms with Crippen LogP contribution < -0.4 is 5.73 Å². The number of alkyl halides is 2. The zero-order chi connectivity index (χ0) is 9.56. The molecule has 1 aromatic rings. The van der Waals surface area contributed by atoms with Gasteiger partial charge in [0.2, 0.25) is 0 Å². The SMILES string of the molecule is FC(F)n1ccnn1.N=C(N)[Se]. The minimum absolute atomic E-state index is 0.0417. The molecule has 0 saturated heterocycles. The normalized spacial score (nSPS) is 8.92. The van der Waals surface area contributed by atoms with Crippen LogP contribution in [-0.4, -0.2) is 35.7 Å². The standard InChI is InChI=1S/C3H3F2N3.CH3N2Se/c4-3(5)8-2-1-6-7-8;2-1(3)4/h1-3H;(H3,2,3). The summed E-state index contributed by atoms with van der Waals surface area (Å²) >= 11 is 2.26. The monoisotopic (exact) mass is 242 g/mol. The van der Waals surface area contributed by atoms with Gasteiger partial charge in [0.1, 0.15) is 0 Å². The number of nitrogens with one attached hydrogen (secondary N) is 1. The fourth-order valence-corrected chi connectivity index (χ4v) is 0.321. The molecule has 0 atom stereocenters. The number of amidine groups is 1. The molecule has 67 valence electrons. The zero-order valence-electron chi connectivity index (χ0n) is 5.82. The van der Waals surface area contributed by atoms with E-state index in [9.17, 15) is 8.78 Å². The molecular weight excluding hydrogens is 235 g/mol. The first-order valence-electron chi connectivity index (χ1n) is 2.69. The van der Waals surface area contributed by atoms with E-state index in [0.29, 0.717) is 4.68 Å². The van der Waals surface area contributed by atoms with Gasteiger partial charge in [0.15, 0.2) is 0 Å². The number of aromatic nitrogens is 3. The second kappa shape index (κ2) is 5.62. The van der Waals surface area contributed by atoms with E-state index < -0.39 is 6.55 Å². The van der Waals surface area contributed by atoms with Gasteiger partial charge in [-0.2, -0.15) is 13.5 Å². The molecule has 0 fully saturated rings. The minimum atomic E-state index is -2.57. The molecule has 0 aliphatic carbocycles. The van der Waals surface area contributed by atoms with Crippen molar-refractivity contribution in [3.63, 3.8) is 0 Å². The topological polar surface area (TPSA) is 80.6 Å². The number of hydrogen-bond donors (Lipinski definition) is 2. The number of nitrogens with two attached hydrogens (primary N) is 1. The van der Waals surface area contributed by atoms with E-state index in [0.717, 1.165) is 6.20 Å². The summed E-state index contributed by atoms with van der Waals surface area (Å²) in [6.07, 6.45) is 2.30. The summed E-state index contributed by atoms with van der Waals surface area (Å²) in [4.78, 5) is 0. The van der Waals surface area contributed by atoms with Crippen molar-refractivity contribution in [2.24, 2.45) is 5.73 Å². The van der Waals surface area contributed by atoms with Gasteiger partial charge in [0, 0.05) is 0 Å². The second-order valence-electron chi connectivity index (χ2n) is 1.52. The van der Waals surface area contributed by atoms with E-state index in [4.69, 9.17) is 5.41 Å². The molecule has 0 spiro atoms. The van der Waals surface area contributed by atoms with Crippen molar-refractivity contribution in [1.82, 2.24) is 15.0 Å². The summed E-state index contributed by atoms with van der Waals surface area (Å²) in [6, 6.07) is 0. The Morgan fingerprint density at radius 1 is 1.67 bits per heavy atom. The molecule has 8 heteroatoms. The van der Waals surface area contributed by atoms with E-state index in [2.05, 4.69) is 32.1 Å². The average molecular weight is 241 g/mol. The molecular formula is C4H6F2N5Se. The van der Waals surface area contributed by atoms with Gasteiger partial charge in [-0.1, -0.05) is 5.21 Å². The van der Waals surface area contributed by atoms with Gasteiger partial charge >= 0.3 is 38.4 Å². The van der Waals surface area contributed by atoms with Crippen LogP contribution in [-0.2, 0) is 0 Å². The van der Waals surface area contributed by atoms with Gasteiger partial charge in [0.05, 0.1) is 12.4 Å². The average Bonchev–Trinajstić information content (AvgIpc) is 2.34. The van der Waals surface area contributed by atoms with Gasteiger partial charge in [-0.05, 0) is 0 Å². The summed E-state index contributed by atoms with van der Waals surface area (Å²) in [5.74, 6) is 0. The van der Waals surface area contributed by atoms with Crippen LogP contribution in [0.25, 0.3) is 0 Å². The molecule has 0 aliphatic rings. The van der Waals surface area contributed by atoms with E-state index in [1.165, 1.54) is 6.20 Å². The molecule has 12 heavy (non-hydrogen) atoms. The Morgan fingerprint density at radius 2 is 2.17 bits per heavy atom. The number of hydrogen-bond acceptors (Lipinski definition) is 3. The van der Waals surface area contributed by atoms with Crippen molar-refractivity contribution in [2.45, 2.75) is 6.55 Å². The van der Waals surface area contributed by atoms with Crippen molar-refractivity contribution in [3.8, 4) is 0 Å². The molecule has 0 aromatic carbocycles. The van der Waals surface area contributed by atoms with E-state index in [1.54, 1.807) is 0 Å². The molecule has 1 heterocycles. The number of rotatable bonds is 1. The first-order valence-corrected chi connectivity index (χ1v) is 3.54. The second-order valence-corrected chi connectivity index (χ2v) is 2.45. The number of halogens is 2. The predicted molar refractivity (Wildman–Crippen MR) is 38.9 cm³/mol. The molecule has 0 unspecified atom stereocenters. The third-order valence-corrected chi connectivity index (χ3v) is 0.641. The van der Waals surface area contributed by atoms with Crippen LogP contribution in [0.1, 0.15) is 6.55 Å². The van der Waals surface area contributed by atoms with Crippen LogP contribution in [0, 0.1) is 5.41 Å². The molecule has 0 aliphatic heterocycles. The molecule has 5 nitrogen and oxygen atoms in total. The van der Waals surface area contributed by atoms with Crippen LogP contribution >= 0.6 is 0 Å². The van der Waals surface area contributed by atoms with Gasteiger partial charge < -0.3 is 0 Å². The molecule has 0 saturated carbocycles. The quantitative estimate of drug-likeness (QED) is 0.403. The summed E-state index contributed by atoms with van der Waals surface area (Å²) in [5.41, 5.74) is 4.64. The van der Waals surface area contributed by atoms with Crippen molar-refractivity contribution in [1.29, 1.82) is 5.41 Å². The number of nitrogens with zero attached hydrogens (tertiary/aromatic N) is 3. The van der Waals surface area contributed by atoms with E-state index in [-0.39, 0.29) is 4.73 Å².